The van der Waals surface area contributed by atoms with Gasteiger partial charge in [-0.3, -0.25) is 0 Å². The quantitative estimate of drug-likeness (QED) is 0.683. The van der Waals surface area contributed by atoms with Crippen molar-refractivity contribution in [1.82, 2.24) is 0 Å². The van der Waals surface area contributed by atoms with Gasteiger partial charge in [0.15, 0.2) is 0 Å². The lowest BCUT2D eigenvalue weighted by Crippen LogP contribution is -2.14. The van der Waals surface area contributed by atoms with Crippen LogP contribution in [0.4, 0.5) is 0 Å². The second kappa shape index (κ2) is 2.72. The van der Waals surface area contributed by atoms with Gasteiger partial charge in [0, 0.05) is 5.39 Å². The van der Waals surface area contributed by atoms with E-state index in [4.69, 9.17) is 4.74 Å². The second-order valence-corrected chi connectivity index (χ2v) is 3.53. The van der Waals surface area contributed by atoms with Gasteiger partial charge in [0.25, 0.3) is 0 Å². The number of benzene rings is 2. The lowest BCUT2D eigenvalue weighted by molar-refractivity contribution is 0.103. The highest BCUT2D eigenvalue weighted by atomic mass is 16.5. The van der Waals surface area contributed by atoms with Crippen LogP contribution in [-0.4, -0.2) is 11.7 Å². The predicted octanol–water partition coefficient (Wildman–Crippen LogP) is 2.27. The Hall–Kier alpha value is -1.54. The van der Waals surface area contributed by atoms with Gasteiger partial charge in [-0.2, -0.15) is 0 Å². The highest BCUT2D eigenvalue weighted by Crippen LogP contribution is 2.36. The van der Waals surface area contributed by atoms with Crippen LogP contribution in [0.3, 0.4) is 0 Å². The third kappa shape index (κ3) is 0.946. The van der Waals surface area contributed by atoms with Crippen molar-refractivity contribution in [2.45, 2.75) is 6.10 Å². The van der Waals surface area contributed by atoms with Gasteiger partial charge in [0.2, 0.25) is 0 Å². The average molecular weight is 186 g/mol. The minimum Gasteiger partial charge on any atom is -0.490 e. The normalized spacial score (nSPS) is 19.4. The van der Waals surface area contributed by atoms with E-state index in [1.165, 1.54) is 0 Å². The van der Waals surface area contributed by atoms with E-state index in [1.54, 1.807) is 0 Å². The van der Waals surface area contributed by atoms with Gasteiger partial charge in [-0.05, 0) is 17.0 Å². The van der Waals surface area contributed by atoms with Crippen LogP contribution < -0.4 is 4.74 Å². The predicted molar refractivity (Wildman–Crippen MR) is 54.4 cm³/mol. The van der Waals surface area contributed by atoms with Crippen LogP contribution in [0, 0.1) is 0 Å². The van der Waals surface area contributed by atoms with Crippen LogP contribution in [0.2, 0.25) is 0 Å². The molecule has 0 amide bonds. The largest absolute Gasteiger partial charge is 0.490 e. The van der Waals surface area contributed by atoms with Gasteiger partial charge in [0.1, 0.15) is 18.5 Å². The molecule has 2 nitrogen and oxygen atoms in total. The molecule has 1 unspecified atom stereocenters. The number of aliphatic hydroxyl groups is 1. The molecule has 0 aliphatic carbocycles. The van der Waals surface area contributed by atoms with Gasteiger partial charge < -0.3 is 9.84 Å². The summed E-state index contributed by atoms with van der Waals surface area (Å²) < 4.78 is 5.46. The molecule has 0 radical (unpaired) electrons. The Morgan fingerprint density at radius 1 is 1.14 bits per heavy atom. The van der Waals surface area contributed by atoms with Crippen LogP contribution in [-0.2, 0) is 0 Å². The number of hydrogen-bond donors (Lipinski definition) is 1. The molecular formula is C12H10O2. The molecule has 1 atom stereocenters. The molecule has 14 heavy (non-hydrogen) atoms. The van der Waals surface area contributed by atoms with E-state index in [9.17, 15) is 5.11 Å². The minimum absolute atomic E-state index is 0.357. The molecule has 70 valence electrons. The number of rotatable bonds is 0. The Kier molecular flexibility index (Phi) is 1.52. The fourth-order valence-electron chi connectivity index (χ4n) is 1.99. The maximum atomic E-state index is 9.75. The topological polar surface area (TPSA) is 29.5 Å². The van der Waals surface area contributed by atoms with Gasteiger partial charge in [0.05, 0.1) is 0 Å². The Labute approximate surface area is 81.7 Å². The maximum absolute atomic E-state index is 9.75. The minimum atomic E-state index is -0.492. The van der Waals surface area contributed by atoms with Crippen molar-refractivity contribution in [2.75, 3.05) is 6.61 Å². The zero-order valence-electron chi connectivity index (χ0n) is 7.60. The van der Waals surface area contributed by atoms with Crippen molar-refractivity contribution >= 4 is 10.8 Å². The molecule has 1 heterocycles. The Bertz CT molecular complexity index is 485. The molecule has 0 aromatic heterocycles. The molecule has 0 fully saturated rings. The first-order valence-corrected chi connectivity index (χ1v) is 4.69. The van der Waals surface area contributed by atoms with Crippen LogP contribution in [0.1, 0.15) is 11.7 Å². The smallest absolute Gasteiger partial charge is 0.127 e. The van der Waals surface area contributed by atoms with E-state index in [-0.39, 0.29) is 0 Å². The van der Waals surface area contributed by atoms with Crippen LogP contribution >= 0.6 is 0 Å². The number of aliphatic hydroxyl groups excluding tert-OH is 1. The van der Waals surface area contributed by atoms with Crippen molar-refractivity contribution in [3.8, 4) is 5.75 Å². The van der Waals surface area contributed by atoms with Gasteiger partial charge in [-0.15, -0.1) is 0 Å². The molecule has 2 aromatic carbocycles. The molecule has 2 heteroatoms. The summed E-state index contributed by atoms with van der Waals surface area (Å²) in [5, 5.41) is 11.9. The molecule has 1 N–H and O–H groups in total. The molecule has 0 spiro atoms. The van der Waals surface area contributed by atoms with Crippen LogP contribution in [0.25, 0.3) is 10.8 Å². The molecule has 1 aliphatic heterocycles. The summed E-state index contributed by atoms with van der Waals surface area (Å²) in [6, 6.07) is 11.9. The summed E-state index contributed by atoms with van der Waals surface area (Å²) in [4.78, 5) is 0. The summed E-state index contributed by atoms with van der Waals surface area (Å²) in [6.07, 6.45) is -0.492. The monoisotopic (exact) mass is 186 g/mol. The first kappa shape index (κ1) is 7.83. The molecule has 0 bridgehead atoms. The molecular weight excluding hydrogens is 176 g/mol. The lowest BCUT2D eigenvalue weighted by atomic mass is 9.98. The third-order valence-corrected chi connectivity index (χ3v) is 2.65. The van der Waals surface area contributed by atoms with Crippen molar-refractivity contribution in [3.05, 3.63) is 42.0 Å². The molecule has 0 saturated carbocycles. The Morgan fingerprint density at radius 2 is 1.93 bits per heavy atom. The molecule has 0 saturated heterocycles. The lowest BCUT2D eigenvalue weighted by Gasteiger charge is -2.22. The van der Waals surface area contributed by atoms with E-state index in [0.29, 0.717) is 6.61 Å². The van der Waals surface area contributed by atoms with Gasteiger partial charge >= 0.3 is 0 Å². The summed E-state index contributed by atoms with van der Waals surface area (Å²) in [5.41, 5.74) is 0.976. The van der Waals surface area contributed by atoms with Crippen LogP contribution in [0.15, 0.2) is 36.4 Å². The summed E-state index contributed by atoms with van der Waals surface area (Å²) in [6.45, 7) is 0.357. The SMILES string of the molecule is OC1COc2cccc3cccc1c23. The third-order valence-electron chi connectivity index (χ3n) is 2.65. The Balaban J connectivity index is 2.46. The van der Waals surface area contributed by atoms with E-state index in [2.05, 4.69) is 0 Å². The van der Waals surface area contributed by atoms with Crippen molar-refractivity contribution in [2.24, 2.45) is 0 Å². The fourth-order valence-corrected chi connectivity index (χ4v) is 1.99. The van der Waals surface area contributed by atoms with Crippen LogP contribution in [0.5, 0.6) is 5.75 Å². The van der Waals surface area contributed by atoms with E-state index >= 15 is 0 Å². The first-order valence-electron chi connectivity index (χ1n) is 4.69. The van der Waals surface area contributed by atoms with Gasteiger partial charge in [-0.25, -0.2) is 0 Å². The zero-order chi connectivity index (χ0) is 9.54. The Morgan fingerprint density at radius 3 is 2.79 bits per heavy atom. The summed E-state index contributed by atoms with van der Waals surface area (Å²) in [5.74, 6) is 0.878. The summed E-state index contributed by atoms with van der Waals surface area (Å²) >= 11 is 0. The highest BCUT2D eigenvalue weighted by molar-refractivity contribution is 5.92. The van der Waals surface area contributed by atoms with Crippen molar-refractivity contribution < 1.29 is 9.84 Å². The maximum Gasteiger partial charge on any atom is 0.127 e. The highest BCUT2D eigenvalue weighted by Gasteiger charge is 2.19. The second-order valence-electron chi connectivity index (χ2n) is 3.53. The van der Waals surface area contributed by atoms with Crippen molar-refractivity contribution in [1.29, 1.82) is 0 Å². The van der Waals surface area contributed by atoms with E-state index in [0.717, 1.165) is 22.1 Å². The van der Waals surface area contributed by atoms with Crippen molar-refractivity contribution in [3.63, 3.8) is 0 Å². The zero-order valence-corrected chi connectivity index (χ0v) is 7.60. The fraction of sp³-hybridized carbons (Fsp3) is 0.167. The number of hydrogen-bond acceptors (Lipinski definition) is 2. The number of ether oxygens (including phenoxy) is 1. The van der Waals surface area contributed by atoms with E-state index < -0.39 is 6.10 Å². The molecule has 1 aliphatic rings. The van der Waals surface area contributed by atoms with E-state index in [1.807, 2.05) is 36.4 Å². The molecule has 3 rings (SSSR count). The summed E-state index contributed by atoms with van der Waals surface area (Å²) in [7, 11) is 0. The molecule has 2 aromatic rings. The average Bonchev–Trinajstić information content (AvgIpc) is 2.24. The standard InChI is InChI=1S/C12H10O2/c13-10-7-14-11-6-2-4-8-3-1-5-9(10)12(8)11/h1-6,10,13H,7H2. The first-order chi connectivity index (χ1) is 6.86. The van der Waals surface area contributed by atoms with Gasteiger partial charge in [-0.1, -0.05) is 30.3 Å².